The lowest BCUT2D eigenvalue weighted by molar-refractivity contribution is -0.143. The van der Waals surface area contributed by atoms with E-state index in [2.05, 4.69) is 50.9 Å². The molecule has 37 heavy (non-hydrogen) atoms. The summed E-state index contributed by atoms with van der Waals surface area (Å²) >= 11 is 0. The van der Waals surface area contributed by atoms with Gasteiger partial charge in [-0.25, -0.2) is 4.98 Å². The van der Waals surface area contributed by atoms with Crippen LogP contribution in [0.5, 0.6) is 5.75 Å². The third-order valence-electron chi connectivity index (χ3n) is 8.50. The van der Waals surface area contributed by atoms with Gasteiger partial charge in [0.2, 0.25) is 0 Å². The first kappa shape index (κ1) is 27.0. The molecule has 0 bridgehead atoms. The number of imidazole rings is 1. The standard InChI is InChI=1S/C32H42N2O3/c1-7-32(8-2)17-16-31(4,5)27-15-10-23(20-28(27)32)22-37-25-13-11-24(12-14-25)26(21-29(35)36-9-3)30-33-18-19-34(30)6/h10-15,18-20,26H,7-9,16-17,21-22H2,1-6H3/t26-/m0/s1. The van der Waals surface area contributed by atoms with Crippen LogP contribution >= 0.6 is 0 Å². The molecule has 0 spiro atoms. The first-order chi connectivity index (χ1) is 17.7. The number of aryl methyl sites for hydroxylation is 1. The zero-order valence-corrected chi connectivity index (χ0v) is 23.3. The zero-order valence-electron chi connectivity index (χ0n) is 23.3. The molecule has 0 N–H and O–H groups in total. The molecule has 1 atom stereocenters. The number of hydrogen-bond acceptors (Lipinski definition) is 4. The van der Waals surface area contributed by atoms with E-state index in [1.807, 2.05) is 49.0 Å². The Morgan fingerprint density at radius 3 is 2.38 bits per heavy atom. The molecule has 1 heterocycles. The smallest absolute Gasteiger partial charge is 0.306 e. The van der Waals surface area contributed by atoms with Crippen molar-refractivity contribution in [2.24, 2.45) is 7.05 Å². The van der Waals surface area contributed by atoms with Crippen LogP contribution in [0.1, 0.15) is 101 Å². The van der Waals surface area contributed by atoms with Crippen molar-refractivity contribution < 1.29 is 14.3 Å². The van der Waals surface area contributed by atoms with Gasteiger partial charge in [0.05, 0.1) is 18.9 Å². The third-order valence-corrected chi connectivity index (χ3v) is 8.50. The minimum atomic E-state index is -0.221. The van der Waals surface area contributed by atoms with Gasteiger partial charge in [-0.2, -0.15) is 0 Å². The summed E-state index contributed by atoms with van der Waals surface area (Å²) in [7, 11) is 1.95. The lowest BCUT2D eigenvalue weighted by Crippen LogP contribution is -2.37. The summed E-state index contributed by atoms with van der Waals surface area (Å²) in [5.74, 6) is 1.26. The number of carbonyl (C=O) groups excluding carboxylic acids is 1. The molecule has 0 aliphatic heterocycles. The van der Waals surface area contributed by atoms with E-state index in [-0.39, 0.29) is 29.1 Å². The van der Waals surface area contributed by atoms with Crippen molar-refractivity contribution in [3.63, 3.8) is 0 Å². The predicted molar refractivity (Wildman–Crippen MR) is 148 cm³/mol. The van der Waals surface area contributed by atoms with Crippen molar-refractivity contribution >= 4 is 5.97 Å². The molecule has 1 aliphatic rings. The van der Waals surface area contributed by atoms with E-state index in [0.29, 0.717) is 13.2 Å². The number of carbonyl (C=O) groups is 1. The average Bonchev–Trinajstić information content (AvgIpc) is 3.32. The van der Waals surface area contributed by atoms with Crippen molar-refractivity contribution in [3.05, 3.63) is 82.9 Å². The second-order valence-corrected chi connectivity index (χ2v) is 11.1. The molecule has 198 valence electrons. The second kappa shape index (κ2) is 11.1. The van der Waals surface area contributed by atoms with E-state index in [4.69, 9.17) is 9.47 Å². The summed E-state index contributed by atoms with van der Waals surface area (Å²) in [6.07, 6.45) is 8.73. The van der Waals surface area contributed by atoms with Gasteiger partial charge in [-0.15, -0.1) is 0 Å². The zero-order chi connectivity index (χ0) is 26.6. The summed E-state index contributed by atoms with van der Waals surface area (Å²) in [4.78, 5) is 16.8. The number of hydrogen-bond donors (Lipinski definition) is 0. The number of fused-ring (bicyclic) bond motifs is 1. The Morgan fingerprint density at radius 2 is 1.76 bits per heavy atom. The predicted octanol–water partition coefficient (Wildman–Crippen LogP) is 7.21. The van der Waals surface area contributed by atoms with Crippen LogP contribution in [-0.2, 0) is 34.0 Å². The molecular formula is C32H42N2O3. The van der Waals surface area contributed by atoms with E-state index in [1.54, 1.807) is 6.20 Å². The summed E-state index contributed by atoms with van der Waals surface area (Å²) in [5.41, 5.74) is 5.72. The van der Waals surface area contributed by atoms with Crippen molar-refractivity contribution in [3.8, 4) is 5.75 Å². The first-order valence-electron chi connectivity index (χ1n) is 13.7. The summed E-state index contributed by atoms with van der Waals surface area (Å²) in [6.45, 7) is 12.1. The van der Waals surface area contributed by atoms with Crippen LogP contribution in [0.3, 0.4) is 0 Å². The fourth-order valence-corrected chi connectivity index (χ4v) is 5.94. The van der Waals surface area contributed by atoms with Crippen LogP contribution in [0.25, 0.3) is 0 Å². The van der Waals surface area contributed by atoms with Crippen LogP contribution in [0.15, 0.2) is 54.9 Å². The minimum absolute atomic E-state index is 0.173. The Balaban J connectivity index is 1.52. The number of ether oxygens (including phenoxy) is 2. The van der Waals surface area contributed by atoms with Crippen LogP contribution < -0.4 is 4.74 Å². The molecule has 0 radical (unpaired) electrons. The van der Waals surface area contributed by atoms with Crippen LogP contribution in [0.2, 0.25) is 0 Å². The minimum Gasteiger partial charge on any atom is -0.489 e. The molecule has 0 amide bonds. The Labute approximate surface area is 222 Å². The third kappa shape index (κ3) is 5.61. The van der Waals surface area contributed by atoms with Crippen molar-refractivity contribution in [1.82, 2.24) is 9.55 Å². The summed E-state index contributed by atoms with van der Waals surface area (Å²) < 4.78 is 13.4. The van der Waals surface area contributed by atoms with Gasteiger partial charge in [0, 0.05) is 19.4 Å². The monoisotopic (exact) mass is 502 g/mol. The Bertz CT molecular complexity index is 1210. The molecule has 5 nitrogen and oxygen atoms in total. The van der Waals surface area contributed by atoms with E-state index in [1.165, 1.54) is 42.4 Å². The Kier molecular flexibility index (Phi) is 8.11. The maximum Gasteiger partial charge on any atom is 0.306 e. The van der Waals surface area contributed by atoms with Crippen LogP contribution in [-0.4, -0.2) is 22.1 Å². The van der Waals surface area contributed by atoms with E-state index in [9.17, 15) is 4.79 Å². The van der Waals surface area contributed by atoms with Gasteiger partial charge in [0.25, 0.3) is 0 Å². The van der Waals surface area contributed by atoms with Crippen molar-refractivity contribution in [1.29, 1.82) is 0 Å². The van der Waals surface area contributed by atoms with Gasteiger partial charge < -0.3 is 14.0 Å². The first-order valence-corrected chi connectivity index (χ1v) is 13.7. The SMILES string of the molecule is CCOC(=O)C[C@@H](c1ccc(OCc2ccc3c(c2)C(CC)(CC)CCC3(C)C)cc1)c1nccn1C. The van der Waals surface area contributed by atoms with Gasteiger partial charge in [0.1, 0.15) is 18.2 Å². The second-order valence-electron chi connectivity index (χ2n) is 11.1. The highest BCUT2D eigenvalue weighted by Gasteiger charge is 2.40. The van der Waals surface area contributed by atoms with Gasteiger partial charge in [-0.05, 0) is 77.8 Å². The molecule has 5 heteroatoms. The van der Waals surface area contributed by atoms with E-state index >= 15 is 0 Å². The van der Waals surface area contributed by atoms with Crippen LogP contribution in [0, 0.1) is 0 Å². The molecule has 0 unspecified atom stereocenters. The molecule has 2 aromatic carbocycles. The van der Waals surface area contributed by atoms with E-state index in [0.717, 1.165) is 17.1 Å². The number of benzene rings is 2. The molecule has 0 saturated carbocycles. The molecule has 0 fully saturated rings. The normalized spacial score (nSPS) is 16.6. The molecule has 1 aliphatic carbocycles. The molecular weight excluding hydrogens is 460 g/mol. The topological polar surface area (TPSA) is 53.4 Å². The molecule has 3 aromatic rings. The summed E-state index contributed by atoms with van der Waals surface area (Å²) in [6, 6.07) is 15.0. The van der Waals surface area contributed by atoms with Crippen molar-refractivity contribution in [2.75, 3.05) is 6.61 Å². The maximum absolute atomic E-state index is 12.3. The van der Waals surface area contributed by atoms with Gasteiger partial charge in [-0.3, -0.25) is 4.79 Å². The maximum atomic E-state index is 12.3. The van der Waals surface area contributed by atoms with Gasteiger partial charge >= 0.3 is 5.97 Å². The van der Waals surface area contributed by atoms with Crippen LogP contribution in [0.4, 0.5) is 0 Å². The van der Waals surface area contributed by atoms with Gasteiger partial charge in [-0.1, -0.05) is 58.0 Å². The lowest BCUT2D eigenvalue weighted by atomic mass is 9.59. The average molecular weight is 503 g/mol. The highest BCUT2D eigenvalue weighted by molar-refractivity contribution is 5.71. The molecule has 4 rings (SSSR count). The Morgan fingerprint density at radius 1 is 1.03 bits per heavy atom. The van der Waals surface area contributed by atoms with Crippen molar-refractivity contribution in [2.45, 2.75) is 90.1 Å². The number of rotatable bonds is 10. The quantitative estimate of drug-likeness (QED) is 0.275. The molecule has 0 saturated heterocycles. The molecule has 1 aromatic heterocycles. The van der Waals surface area contributed by atoms with E-state index < -0.39 is 0 Å². The fraction of sp³-hybridized carbons (Fsp3) is 0.500. The highest BCUT2D eigenvalue weighted by Crippen LogP contribution is 2.49. The lowest BCUT2D eigenvalue weighted by Gasteiger charge is -2.45. The number of aromatic nitrogens is 2. The highest BCUT2D eigenvalue weighted by atomic mass is 16.5. The fourth-order valence-electron chi connectivity index (χ4n) is 5.94. The number of nitrogens with zero attached hydrogens (tertiary/aromatic N) is 2. The largest absolute Gasteiger partial charge is 0.489 e. The number of esters is 1. The summed E-state index contributed by atoms with van der Waals surface area (Å²) in [5, 5.41) is 0. The van der Waals surface area contributed by atoms with Gasteiger partial charge in [0.15, 0.2) is 0 Å². The Hall–Kier alpha value is -3.08.